The van der Waals surface area contributed by atoms with Gasteiger partial charge in [0.15, 0.2) is 5.60 Å². The summed E-state index contributed by atoms with van der Waals surface area (Å²) in [5.41, 5.74) is -0.339. The molecule has 1 aliphatic rings. The maximum atomic E-state index is 12.6. The number of rotatable bonds is 3. The first kappa shape index (κ1) is 17.8. The number of hydrogen-bond donors (Lipinski definition) is 1. The summed E-state index contributed by atoms with van der Waals surface area (Å²) in [4.78, 5) is 24.7. The molecule has 0 aliphatic carbocycles. The van der Waals surface area contributed by atoms with E-state index in [2.05, 4.69) is 10.1 Å². The van der Waals surface area contributed by atoms with Crippen molar-refractivity contribution in [2.45, 2.75) is 25.3 Å². The molecule has 1 amide bonds. The van der Waals surface area contributed by atoms with Gasteiger partial charge < -0.3 is 14.8 Å². The second kappa shape index (κ2) is 6.36. The Balaban J connectivity index is 1.78. The van der Waals surface area contributed by atoms with Gasteiger partial charge in [0, 0.05) is 18.2 Å². The van der Waals surface area contributed by atoms with Crippen LogP contribution in [0.15, 0.2) is 48.5 Å². The van der Waals surface area contributed by atoms with E-state index in [4.69, 9.17) is 4.74 Å². The fourth-order valence-corrected chi connectivity index (χ4v) is 2.69. The number of amides is 1. The highest BCUT2D eigenvalue weighted by Crippen LogP contribution is 2.30. The first-order chi connectivity index (χ1) is 12.2. The number of halogens is 3. The number of anilines is 1. The highest BCUT2D eigenvalue weighted by molar-refractivity contribution is 6.02. The molecule has 0 spiro atoms. The highest BCUT2D eigenvalue weighted by Gasteiger charge is 2.42. The van der Waals surface area contributed by atoms with Gasteiger partial charge in [-0.3, -0.25) is 4.79 Å². The molecule has 0 saturated heterocycles. The number of nitrogens with one attached hydrogen (secondary N) is 1. The van der Waals surface area contributed by atoms with Gasteiger partial charge in [0.05, 0.1) is 5.56 Å². The Morgan fingerprint density at radius 1 is 1.19 bits per heavy atom. The van der Waals surface area contributed by atoms with Crippen LogP contribution in [0.5, 0.6) is 5.75 Å². The topological polar surface area (TPSA) is 64.6 Å². The van der Waals surface area contributed by atoms with Gasteiger partial charge in [-0.25, -0.2) is 4.79 Å². The molecule has 8 heteroatoms. The maximum Gasteiger partial charge on any atom is 0.573 e. The minimum atomic E-state index is -4.84. The van der Waals surface area contributed by atoms with E-state index in [-0.39, 0.29) is 12.1 Å². The van der Waals surface area contributed by atoms with Gasteiger partial charge in [0.25, 0.3) is 5.91 Å². The molecule has 0 unspecified atom stereocenters. The van der Waals surface area contributed by atoms with Crippen LogP contribution in [0.2, 0.25) is 0 Å². The Morgan fingerprint density at radius 3 is 2.65 bits per heavy atom. The third kappa shape index (κ3) is 3.79. The molecule has 0 radical (unpaired) electrons. The number of alkyl halides is 3. The molecule has 2 aromatic rings. The number of hydrogen-bond acceptors (Lipinski definition) is 4. The summed E-state index contributed by atoms with van der Waals surface area (Å²) in [6, 6.07) is 11.6. The minimum absolute atomic E-state index is 0.0906. The van der Waals surface area contributed by atoms with E-state index < -0.39 is 29.6 Å². The molecule has 1 heterocycles. The van der Waals surface area contributed by atoms with Crippen LogP contribution in [0.3, 0.4) is 0 Å². The molecular formula is C18H14F3NO4. The second-order valence-electron chi connectivity index (χ2n) is 5.98. The second-order valence-corrected chi connectivity index (χ2v) is 5.98. The van der Waals surface area contributed by atoms with E-state index in [1.54, 1.807) is 24.3 Å². The number of ether oxygens (including phenoxy) is 2. The summed E-state index contributed by atoms with van der Waals surface area (Å²) in [5, 5.41) is 2.47. The lowest BCUT2D eigenvalue weighted by molar-refractivity contribution is -0.274. The predicted octanol–water partition coefficient (Wildman–Crippen LogP) is 3.70. The van der Waals surface area contributed by atoms with E-state index in [9.17, 15) is 22.8 Å². The van der Waals surface area contributed by atoms with Crippen molar-refractivity contribution in [1.29, 1.82) is 0 Å². The average molecular weight is 365 g/mol. The van der Waals surface area contributed by atoms with Crippen LogP contribution in [0.1, 0.15) is 22.8 Å². The molecular weight excluding hydrogens is 351 g/mol. The zero-order valence-electron chi connectivity index (χ0n) is 13.6. The minimum Gasteiger partial charge on any atom is -0.445 e. The van der Waals surface area contributed by atoms with E-state index in [0.717, 1.165) is 12.1 Å². The number of cyclic esters (lactones) is 1. The molecule has 5 nitrogen and oxygen atoms in total. The zero-order valence-corrected chi connectivity index (χ0v) is 13.6. The molecule has 2 aromatic carbocycles. The number of esters is 1. The molecule has 1 atom stereocenters. The number of fused-ring (bicyclic) bond motifs is 1. The highest BCUT2D eigenvalue weighted by atomic mass is 19.4. The first-order valence-corrected chi connectivity index (χ1v) is 7.65. The maximum absolute atomic E-state index is 12.6. The van der Waals surface area contributed by atoms with Crippen molar-refractivity contribution >= 4 is 17.6 Å². The van der Waals surface area contributed by atoms with E-state index in [1.807, 2.05) is 0 Å². The van der Waals surface area contributed by atoms with Gasteiger partial charge in [-0.1, -0.05) is 24.3 Å². The lowest BCUT2D eigenvalue weighted by Crippen LogP contribution is -2.48. The molecule has 0 bridgehead atoms. The van der Waals surface area contributed by atoms with Crippen LogP contribution < -0.4 is 10.1 Å². The predicted molar refractivity (Wildman–Crippen MR) is 85.7 cm³/mol. The summed E-state index contributed by atoms with van der Waals surface area (Å²) >= 11 is 0. The smallest absolute Gasteiger partial charge is 0.445 e. The largest absolute Gasteiger partial charge is 0.573 e. The van der Waals surface area contributed by atoms with Crippen molar-refractivity contribution in [1.82, 2.24) is 0 Å². The Hall–Kier alpha value is -3.03. The van der Waals surface area contributed by atoms with Gasteiger partial charge in [-0.05, 0) is 30.7 Å². The summed E-state index contributed by atoms with van der Waals surface area (Å²) in [6.07, 6.45) is -4.68. The van der Waals surface area contributed by atoms with Crippen LogP contribution in [-0.4, -0.2) is 23.8 Å². The van der Waals surface area contributed by atoms with Gasteiger partial charge in [-0.2, -0.15) is 0 Å². The third-order valence-electron chi connectivity index (χ3n) is 3.89. The van der Waals surface area contributed by atoms with Crippen molar-refractivity contribution < 1.29 is 32.2 Å². The average Bonchev–Trinajstić information content (AvgIpc) is 2.53. The third-order valence-corrected chi connectivity index (χ3v) is 3.89. The molecule has 1 aliphatic heterocycles. The molecule has 0 fully saturated rings. The van der Waals surface area contributed by atoms with Gasteiger partial charge in [0.2, 0.25) is 0 Å². The Labute approximate surface area is 146 Å². The monoisotopic (exact) mass is 365 g/mol. The summed E-state index contributed by atoms with van der Waals surface area (Å²) in [5.74, 6) is -1.74. The molecule has 3 rings (SSSR count). The normalized spacial score (nSPS) is 19.3. The first-order valence-electron chi connectivity index (χ1n) is 7.65. The van der Waals surface area contributed by atoms with Crippen LogP contribution >= 0.6 is 0 Å². The van der Waals surface area contributed by atoms with Crippen LogP contribution in [0.25, 0.3) is 0 Å². The lowest BCUT2D eigenvalue weighted by atomic mass is 9.89. The SMILES string of the molecule is C[C@@]1(C(=O)Nc2cccc(OC(F)(F)F)c2)Cc2ccccc2C(=O)O1. The van der Waals surface area contributed by atoms with Crippen LogP contribution in [0, 0.1) is 0 Å². The number of carbonyl (C=O) groups is 2. The molecule has 1 N–H and O–H groups in total. The van der Waals surface area contributed by atoms with E-state index >= 15 is 0 Å². The fourth-order valence-electron chi connectivity index (χ4n) is 2.69. The van der Waals surface area contributed by atoms with Gasteiger partial charge in [-0.15, -0.1) is 13.2 Å². The lowest BCUT2D eigenvalue weighted by Gasteiger charge is -2.33. The van der Waals surface area contributed by atoms with E-state index in [1.165, 1.54) is 19.1 Å². The van der Waals surface area contributed by atoms with Crippen LogP contribution in [-0.2, 0) is 16.0 Å². The number of carbonyl (C=O) groups excluding carboxylic acids is 2. The van der Waals surface area contributed by atoms with E-state index in [0.29, 0.717) is 11.1 Å². The standard InChI is InChI=1S/C18H14F3NO4/c1-17(10-11-5-2-3-8-14(11)15(23)26-17)16(24)22-12-6-4-7-13(9-12)25-18(19,20)21/h2-9H,10H2,1H3,(H,22,24)/t17-/m0/s1. The number of benzene rings is 2. The summed E-state index contributed by atoms with van der Waals surface area (Å²) in [7, 11) is 0. The summed E-state index contributed by atoms with van der Waals surface area (Å²) in [6.45, 7) is 1.45. The van der Waals surface area contributed by atoms with Gasteiger partial charge >= 0.3 is 12.3 Å². The van der Waals surface area contributed by atoms with Crippen molar-refractivity contribution in [2.24, 2.45) is 0 Å². The quantitative estimate of drug-likeness (QED) is 0.843. The summed E-state index contributed by atoms with van der Waals surface area (Å²) < 4.78 is 46.0. The zero-order chi connectivity index (χ0) is 18.9. The Kier molecular flexibility index (Phi) is 4.35. The van der Waals surface area contributed by atoms with Crippen molar-refractivity contribution in [2.75, 3.05) is 5.32 Å². The van der Waals surface area contributed by atoms with Crippen molar-refractivity contribution in [3.05, 3.63) is 59.7 Å². The fraction of sp³-hybridized carbons (Fsp3) is 0.222. The molecule has 0 aromatic heterocycles. The Bertz CT molecular complexity index is 866. The molecule has 26 heavy (non-hydrogen) atoms. The molecule has 0 saturated carbocycles. The van der Waals surface area contributed by atoms with Crippen molar-refractivity contribution in [3.8, 4) is 5.75 Å². The van der Waals surface area contributed by atoms with Gasteiger partial charge in [0.1, 0.15) is 5.75 Å². The molecule has 136 valence electrons. The van der Waals surface area contributed by atoms with Crippen LogP contribution in [0.4, 0.5) is 18.9 Å². The van der Waals surface area contributed by atoms with Crippen molar-refractivity contribution in [3.63, 3.8) is 0 Å². The Morgan fingerprint density at radius 2 is 1.92 bits per heavy atom.